The van der Waals surface area contributed by atoms with Gasteiger partial charge in [-0.3, -0.25) is 0 Å². The van der Waals surface area contributed by atoms with Gasteiger partial charge in [-0.25, -0.2) is 0 Å². The van der Waals surface area contributed by atoms with Crippen LogP contribution in [-0.4, -0.2) is 8.32 Å². The second-order valence-electron chi connectivity index (χ2n) is 14.9. The molecule has 0 fully saturated rings. The minimum Gasteiger partial charge on any atom is -0.543 e. The van der Waals surface area contributed by atoms with Crippen molar-refractivity contribution < 1.29 is 4.43 Å². The largest absolute Gasteiger partial charge is 0.543 e. The van der Waals surface area contributed by atoms with E-state index in [9.17, 15) is 0 Å². The van der Waals surface area contributed by atoms with Crippen LogP contribution in [0.15, 0.2) is 152 Å². The zero-order valence-corrected chi connectivity index (χ0v) is 32.9. The van der Waals surface area contributed by atoms with E-state index < -0.39 is 24.2 Å². The Kier molecular flexibility index (Phi) is 10.3. The Morgan fingerprint density at radius 1 is 0.460 bits per heavy atom. The molecule has 0 atom stereocenters. The summed E-state index contributed by atoms with van der Waals surface area (Å²) in [5, 5.41) is 8.68. The van der Waals surface area contributed by atoms with Crippen molar-refractivity contribution in [2.75, 3.05) is 0 Å². The predicted molar refractivity (Wildman–Crippen MR) is 223 cm³/mol. The first-order valence-corrected chi connectivity index (χ1v) is 23.5. The SMILES string of the molecule is CC(C)(C)[Si](C)(C)Oc1cc2c(P(c3ccccc3)c3ccccc3)cc1CCc1ccc(cc1P(c1ccccc1)c1ccccc1)CC2. The average molecular weight is 707 g/mol. The smallest absolute Gasteiger partial charge is 0.250 e. The van der Waals surface area contributed by atoms with Gasteiger partial charge in [0, 0.05) is 0 Å². The number of hydrogen-bond donors (Lipinski definition) is 0. The van der Waals surface area contributed by atoms with Gasteiger partial charge < -0.3 is 4.43 Å². The van der Waals surface area contributed by atoms with Crippen LogP contribution in [0.1, 0.15) is 43.0 Å². The van der Waals surface area contributed by atoms with E-state index >= 15 is 0 Å². The fraction of sp³-hybridized carbons (Fsp3) is 0.217. The molecule has 4 bridgehead atoms. The Hall–Kier alpha value is -3.80. The summed E-state index contributed by atoms with van der Waals surface area (Å²) in [5.74, 6) is 1.11. The van der Waals surface area contributed by atoms with Gasteiger partial charge in [0.05, 0.1) is 0 Å². The summed E-state index contributed by atoms with van der Waals surface area (Å²) < 4.78 is 7.27. The first kappa shape index (κ1) is 34.6. The lowest BCUT2D eigenvalue weighted by Crippen LogP contribution is -2.44. The zero-order chi connectivity index (χ0) is 34.7. The molecule has 4 heteroatoms. The third-order valence-electron chi connectivity index (χ3n) is 10.5. The van der Waals surface area contributed by atoms with Gasteiger partial charge in [0.15, 0.2) is 0 Å². The Bertz CT molecular complexity index is 1960. The second-order valence-corrected chi connectivity index (χ2v) is 24.0. The summed E-state index contributed by atoms with van der Waals surface area (Å²) in [7, 11) is -3.54. The highest BCUT2D eigenvalue weighted by Gasteiger charge is 2.39. The molecule has 0 radical (unpaired) electrons. The second kappa shape index (κ2) is 14.8. The standard InChI is InChI=1S/C46H48OP2Si/c1-46(2,3)50(4,5)47-43-33-38-29-27-35-26-28-36(44(32-35)48(39-18-10-6-11-19-39)40-20-12-7-13-21-40)30-31-37(43)34-45(38)49(41-22-14-8-15-23-41)42-24-16-9-17-25-42/h6-26,28,32-34H,27,29-31H2,1-5H3. The molecule has 0 heterocycles. The van der Waals surface area contributed by atoms with Crippen molar-refractivity contribution in [1.82, 2.24) is 0 Å². The van der Waals surface area contributed by atoms with Crippen LogP contribution in [0.2, 0.25) is 18.1 Å². The first-order chi connectivity index (χ1) is 24.2. The minimum absolute atomic E-state index is 0.110. The maximum atomic E-state index is 7.27. The molecule has 10 rings (SSSR count). The Labute approximate surface area is 303 Å². The van der Waals surface area contributed by atoms with Crippen molar-refractivity contribution in [3.05, 3.63) is 174 Å². The van der Waals surface area contributed by atoms with Gasteiger partial charge in [-0.15, -0.1) is 0 Å². The third-order valence-corrected chi connectivity index (χ3v) is 19.9. The Balaban J connectivity index is 1.39. The Morgan fingerprint density at radius 2 is 0.880 bits per heavy atom. The van der Waals surface area contributed by atoms with Crippen molar-refractivity contribution in [1.29, 1.82) is 0 Å². The zero-order valence-electron chi connectivity index (χ0n) is 30.1. The normalized spacial score (nSPS) is 13.3. The molecular formula is C46H48OP2Si. The van der Waals surface area contributed by atoms with Gasteiger partial charge in [0.2, 0.25) is 8.32 Å². The van der Waals surface area contributed by atoms with Gasteiger partial charge in [0.1, 0.15) is 5.75 Å². The van der Waals surface area contributed by atoms with E-state index in [2.05, 4.69) is 186 Å². The Morgan fingerprint density at radius 3 is 1.34 bits per heavy atom. The summed E-state index contributed by atoms with van der Waals surface area (Å²) >= 11 is 0. The number of hydrogen-bond acceptors (Lipinski definition) is 1. The maximum absolute atomic E-state index is 7.27. The monoisotopic (exact) mass is 706 g/mol. The summed E-state index contributed by atoms with van der Waals surface area (Å²) in [4.78, 5) is 0. The first-order valence-electron chi connectivity index (χ1n) is 17.9. The van der Waals surface area contributed by atoms with E-state index in [-0.39, 0.29) is 5.04 Å². The van der Waals surface area contributed by atoms with Crippen LogP contribution in [0, 0.1) is 0 Å². The van der Waals surface area contributed by atoms with Gasteiger partial charge in [-0.1, -0.05) is 160 Å². The third kappa shape index (κ3) is 7.45. The molecule has 0 unspecified atom stereocenters. The topological polar surface area (TPSA) is 9.23 Å². The van der Waals surface area contributed by atoms with Crippen LogP contribution in [0.25, 0.3) is 0 Å². The van der Waals surface area contributed by atoms with E-state index in [0.717, 1.165) is 31.4 Å². The molecule has 0 saturated carbocycles. The summed E-state index contributed by atoms with van der Waals surface area (Å²) in [5.41, 5.74) is 5.62. The molecule has 0 spiro atoms. The molecular weight excluding hydrogens is 659 g/mol. The molecule has 6 aromatic rings. The molecule has 4 aliphatic rings. The van der Waals surface area contributed by atoms with Crippen molar-refractivity contribution >= 4 is 56.0 Å². The molecule has 1 nitrogen and oxygen atoms in total. The molecule has 0 aliphatic heterocycles. The van der Waals surface area contributed by atoms with Crippen LogP contribution in [-0.2, 0) is 25.7 Å². The number of benzene rings is 6. The molecule has 4 aliphatic carbocycles. The maximum Gasteiger partial charge on any atom is 0.250 e. The van der Waals surface area contributed by atoms with E-state index in [1.165, 1.54) is 54.1 Å². The van der Waals surface area contributed by atoms with Crippen molar-refractivity contribution in [3.63, 3.8) is 0 Å². The lowest BCUT2D eigenvalue weighted by atomic mass is 9.96. The van der Waals surface area contributed by atoms with Crippen molar-refractivity contribution in [2.45, 2.75) is 64.6 Å². The van der Waals surface area contributed by atoms with Crippen molar-refractivity contribution in [2.24, 2.45) is 0 Å². The van der Waals surface area contributed by atoms with E-state index in [1.807, 2.05) is 0 Å². The summed E-state index contributed by atoms with van der Waals surface area (Å²) in [6.45, 7) is 11.8. The molecule has 50 heavy (non-hydrogen) atoms. The lowest BCUT2D eigenvalue weighted by Gasteiger charge is -2.37. The number of aryl methyl sites for hydroxylation is 4. The molecule has 0 saturated heterocycles. The van der Waals surface area contributed by atoms with Gasteiger partial charge >= 0.3 is 0 Å². The van der Waals surface area contributed by atoms with Crippen LogP contribution < -0.4 is 36.3 Å². The van der Waals surface area contributed by atoms with Crippen molar-refractivity contribution in [3.8, 4) is 5.75 Å². The fourth-order valence-corrected chi connectivity index (χ4v) is 12.8. The quantitative estimate of drug-likeness (QED) is 0.113. The highest BCUT2D eigenvalue weighted by Crippen LogP contribution is 2.42. The van der Waals surface area contributed by atoms with E-state index in [0.29, 0.717) is 0 Å². The fourth-order valence-electron chi connectivity index (χ4n) is 6.68. The highest BCUT2D eigenvalue weighted by molar-refractivity contribution is 7.80. The molecule has 252 valence electrons. The summed E-state index contributed by atoms with van der Waals surface area (Å²) in [6.07, 6.45) is 3.85. The highest BCUT2D eigenvalue weighted by atomic mass is 31.1. The molecule has 0 amide bonds. The van der Waals surface area contributed by atoms with Crippen LogP contribution in [0.3, 0.4) is 0 Å². The minimum atomic E-state index is -2.09. The van der Waals surface area contributed by atoms with E-state index in [1.54, 1.807) is 0 Å². The van der Waals surface area contributed by atoms with Crippen LogP contribution in [0.5, 0.6) is 5.75 Å². The van der Waals surface area contributed by atoms with Gasteiger partial charge in [-0.05, 0) is 126 Å². The van der Waals surface area contributed by atoms with Crippen LogP contribution in [0.4, 0.5) is 0 Å². The van der Waals surface area contributed by atoms with E-state index in [4.69, 9.17) is 4.43 Å². The summed E-state index contributed by atoms with van der Waals surface area (Å²) in [6, 6.07) is 57.1. The number of rotatable bonds is 8. The lowest BCUT2D eigenvalue weighted by molar-refractivity contribution is 0.486. The van der Waals surface area contributed by atoms with Crippen LogP contribution >= 0.6 is 15.8 Å². The van der Waals surface area contributed by atoms with Gasteiger partial charge in [0.25, 0.3) is 0 Å². The average Bonchev–Trinajstić information content (AvgIpc) is 3.12. The molecule has 0 aromatic heterocycles. The molecule has 6 aromatic carbocycles. The van der Waals surface area contributed by atoms with Gasteiger partial charge in [-0.2, -0.15) is 0 Å². The molecule has 0 N–H and O–H groups in total. The predicted octanol–water partition coefficient (Wildman–Crippen LogP) is 9.47.